The minimum Gasteiger partial charge on any atom is -0.405 e. The highest BCUT2D eigenvalue weighted by molar-refractivity contribution is 5.86. The van der Waals surface area contributed by atoms with Gasteiger partial charge in [0, 0.05) is 0 Å². The highest BCUT2D eigenvalue weighted by Gasteiger charge is 2.11. The summed E-state index contributed by atoms with van der Waals surface area (Å²) < 4.78 is 0. The van der Waals surface area contributed by atoms with E-state index >= 15 is 0 Å². The Bertz CT molecular complexity index is 1330. The fourth-order valence-electron chi connectivity index (χ4n) is 4.62. The molecule has 0 heterocycles. The average Bonchev–Trinajstić information content (AvgIpc) is 2.95. The van der Waals surface area contributed by atoms with Crippen LogP contribution in [0.5, 0.6) is 0 Å². The average molecular weight is 498 g/mol. The molecule has 0 unspecified atom stereocenters. The highest BCUT2D eigenvalue weighted by Crippen LogP contribution is 2.34. The van der Waals surface area contributed by atoms with Crippen molar-refractivity contribution < 1.29 is 0 Å². The molecule has 192 valence electrons. The van der Waals surface area contributed by atoms with Gasteiger partial charge in [0.25, 0.3) is 0 Å². The molecular formula is C37H39N. The Balaban J connectivity index is 2.10. The number of hydrogen-bond acceptors (Lipinski definition) is 1. The number of hydrogen-bond donors (Lipinski definition) is 1. The minimum atomic E-state index is 0.908. The summed E-state index contributed by atoms with van der Waals surface area (Å²) in [7, 11) is 0. The topological polar surface area (TPSA) is 26.0 Å². The van der Waals surface area contributed by atoms with Crippen molar-refractivity contribution in [1.82, 2.24) is 0 Å². The van der Waals surface area contributed by atoms with E-state index in [1.807, 2.05) is 38.2 Å². The summed E-state index contributed by atoms with van der Waals surface area (Å²) >= 11 is 0. The maximum Gasteiger partial charge on any atom is -0.00625 e. The third kappa shape index (κ3) is 7.82. The van der Waals surface area contributed by atoms with Crippen molar-refractivity contribution in [2.75, 3.05) is 0 Å². The van der Waals surface area contributed by atoms with E-state index in [0.717, 1.165) is 41.5 Å². The Labute approximate surface area is 229 Å². The molecule has 2 N–H and O–H groups in total. The molecule has 38 heavy (non-hydrogen) atoms. The second-order valence-electron chi connectivity index (χ2n) is 9.10. The van der Waals surface area contributed by atoms with Crippen molar-refractivity contribution in [2.24, 2.45) is 5.73 Å². The third-order valence-electron chi connectivity index (χ3n) is 6.35. The zero-order chi connectivity index (χ0) is 27.2. The fourth-order valence-corrected chi connectivity index (χ4v) is 4.62. The summed E-state index contributed by atoms with van der Waals surface area (Å²) in [6.45, 7) is 11.9. The molecule has 2 aromatic carbocycles. The first-order chi connectivity index (χ1) is 18.6. The molecule has 0 amide bonds. The van der Waals surface area contributed by atoms with Crippen LogP contribution in [0.2, 0.25) is 0 Å². The number of allylic oxidation sites excluding steroid dienone is 17. The van der Waals surface area contributed by atoms with Crippen LogP contribution in [0.3, 0.4) is 0 Å². The lowest BCUT2D eigenvalue weighted by Crippen LogP contribution is -1.94. The van der Waals surface area contributed by atoms with Crippen molar-refractivity contribution in [3.8, 4) is 11.1 Å². The van der Waals surface area contributed by atoms with Crippen LogP contribution in [0.25, 0.3) is 27.8 Å². The predicted molar refractivity (Wildman–Crippen MR) is 170 cm³/mol. The second kappa shape index (κ2) is 15.0. The molecule has 0 bridgehead atoms. The molecule has 1 heteroatoms. The van der Waals surface area contributed by atoms with Gasteiger partial charge in [-0.25, -0.2) is 0 Å². The predicted octanol–water partition coefficient (Wildman–Crippen LogP) is 10.2. The molecule has 0 spiro atoms. The maximum absolute atomic E-state index is 5.44. The van der Waals surface area contributed by atoms with E-state index in [2.05, 4.69) is 110 Å². The summed E-state index contributed by atoms with van der Waals surface area (Å²) in [5.74, 6) is 0. The molecule has 0 saturated heterocycles. The van der Waals surface area contributed by atoms with Gasteiger partial charge in [0.05, 0.1) is 0 Å². The molecule has 0 saturated carbocycles. The summed E-state index contributed by atoms with van der Waals surface area (Å²) in [5.41, 5.74) is 16.4. The van der Waals surface area contributed by atoms with E-state index in [9.17, 15) is 0 Å². The molecule has 2 aromatic rings. The van der Waals surface area contributed by atoms with Gasteiger partial charge in [0.1, 0.15) is 0 Å². The smallest absolute Gasteiger partial charge is 0.00625 e. The van der Waals surface area contributed by atoms with Gasteiger partial charge in [-0.05, 0) is 120 Å². The van der Waals surface area contributed by atoms with Gasteiger partial charge in [-0.2, -0.15) is 0 Å². The first kappa shape index (κ1) is 28.2. The molecule has 0 atom stereocenters. The van der Waals surface area contributed by atoms with Gasteiger partial charge in [0.2, 0.25) is 0 Å². The largest absolute Gasteiger partial charge is 0.405 e. The Morgan fingerprint density at radius 1 is 0.842 bits per heavy atom. The first-order valence-electron chi connectivity index (χ1n) is 13.2. The van der Waals surface area contributed by atoms with Crippen molar-refractivity contribution in [3.63, 3.8) is 0 Å². The molecule has 1 aliphatic rings. The number of nitrogens with two attached hydrogens (primary N) is 1. The highest BCUT2D eigenvalue weighted by atomic mass is 14.5. The van der Waals surface area contributed by atoms with Crippen LogP contribution in [0.15, 0.2) is 146 Å². The van der Waals surface area contributed by atoms with Gasteiger partial charge >= 0.3 is 0 Å². The van der Waals surface area contributed by atoms with Gasteiger partial charge in [-0.3, -0.25) is 0 Å². The zero-order valence-corrected chi connectivity index (χ0v) is 22.7. The monoisotopic (exact) mass is 497 g/mol. The lowest BCUT2D eigenvalue weighted by molar-refractivity contribution is 1.02. The van der Waals surface area contributed by atoms with Crippen molar-refractivity contribution in [3.05, 3.63) is 163 Å². The van der Waals surface area contributed by atoms with E-state index < -0.39 is 0 Å². The van der Waals surface area contributed by atoms with Gasteiger partial charge in [-0.1, -0.05) is 104 Å². The van der Waals surface area contributed by atoms with Crippen molar-refractivity contribution in [2.45, 2.75) is 33.1 Å². The third-order valence-corrected chi connectivity index (χ3v) is 6.35. The second-order valence-corrected chi connectivity index (χ2v) is 9.10. The molecule has 1 aliphatic carbocycles. The quantitative estimate of drug-likeness (QED) is 0.307. The minimum absolute atomic E-state index is 0.908. The Hall–Kier alpha value is -4.36. The van der Waals surface area contributed by atoms with Gasteiger partial charge < -0.3 is 5.73 Å². The van der Waals surface area contributed by atoms with E-state index in [1.54, 1.807) is 6.20 Å². The standard InChI is InChI=1S/C37H39N/c1-5-14-30(15-6-2)35-26-36(31(16-7-3)17-8-4)28-37(27-35)34-22-13-21-33(25-34)32-20-12-19-29(24-32)18-10-9-11-23-38/h5-11,13-17,19,21-28H,1,3,12,18,20,38H2,2,4H3/b10-9-,15-6-,17-8-,23-11-,30-14+,31-16+. The number of rotatable bonds is 11. The van der Waals surface area contributed by atoms with Crippen LogP contribution in [0.1, 0.15) is 49.8 Å². The molecular weight excluding hydrogens is 458 g/mol. The lowest BCUT2D eigenvalue weighted by Gasteiger charge is -2.16. The van der Waals surface area contributed by atoms with Crippen LogP contribution in [0.4, 0.5) is 0 Å². The fraction of sp³-hybridized carbons (Fsp3) is 0.135. The summed E-state index contributed by atoms with van der Waals surface area (Å²) in [6.07, 6.45) is 31.5. The molecule has 0 aromatic heterocycles. The molecule has 0 aliphatic heterocycles. The molecule has 0 fully saturated rings. The summed E-state index contributed by atoms with van der Waals surface area (Å²) in [5, 5.41) is 0. The number of benzene rings is 2. The molecule has 1 nitrogen and oxygen atoms in total. The Morgan fingerprint density at radius 3 is 2.11 bits per heavy atom. The van der Waals surface area contributed by atoms with Gasteiger partial charge in [-0.15, -0.1) is 0 Å². The van der Waals surface area contributed by atoms with Crippen LogP contribution >= 0.6 is 0 Å². The van der Waals surface area contributed by atoms with Crippen molar-refractivity contribution >= 4 is 16.7 Å². The molecule has 0 radical (unpaired) electrons. The van der Waals surface area contributed by atoms with Crippen LogP contribution in [-0.4, -0.2) is 0 Å². The van der Waals surface area contributed by atoms with Crippen LogP contribution in [-0.2, 0) is 0 Å². The van der Waals surface area contributed by atoms with Crippen LogP contribution in [0, 0.1) is 0 Å². The van der Waals surface area contributed by atoms with E-state index in [-0.39, 0.29) is 0 Å². The Kier molecular flexibility index (Phi) is 11.2. The first-order valence-corrected chi connectivity index (χ1v) is 13.2. The summed E-state index contributed by atoms with van der Waals surface area (Å²) in [4.78, 5) is 0. The SMILES string of the molecule is C=C/C=C(\C=C/C)c1cc(C(/C=C\C)=C/C=C)cc(-c2cccc(C3=CC(C/C=C\C=C/N)=CCC3)c2)c1. The van der Waals surface area contributed by atoms with Gasteiger partial charge in [0.15, 0.2) is 0 Å². The van der Waals surface area contributed by atoms with Crippen molar-refractivity contribution in [1.29, 1.82) is 0 Å². The Morgan fingerprint density at radius 2 is 1.50 bits per heavy atom. The van der Waals surface area contributed by atoms with E-state index in [0.29, 0.717) is 0 Å². The van der Waals surface area contributed by atoms with E-state index in [1.165, 1.54) is 27.8 Å². The normalized spacial score (nSPS) is 15.0. The maximum atomic E-state index is 5.44. The zero-order valence-electron chi connectivity index (χ0n) is 22.7. The van der Waals surface area contributed by atoms with Crippen LogP contribution < -0.4 is 5.73 Å². The molecule has 3 rings (SSSR count). The lowest BCUT2D eigenvalue weighted by atomic mass is 9.89. The summed E-state index contributed by atoms with van der Waals surface area (Å²) in [6, 6.07) is 15.7. The van der Waals surface area contributed by atoms with E-state index in [4.69, 9.17) is 5.73 Å².